The molecule has 0 heterocycles. The molecule has 0 bridgehead atoms. The third-order valence-corrected chi connectivity index (χ3v) is 7.59. The fraction of sp³-hybridized carbons (Fsp3) is 0.294. The second kappa shape index (κ2) is 14.9. The van der Waals surface area contributed by atoms with Crippen LogP contribution in [0.2, 0.25) is 0 Å². The van der Waals surface area contributed by atoms with Crippen molar-refractivity contribution in [2.45, 2.75) is 56.7 Å². The molecular weight excluding hydrogens is 558 g/mol. The average Bonchev–Trinajstić information content (AvgIpc) is 3.31. The molecule has 3 aromatic carbocycles. The number of ether oxygens (including phenoxy) is 1. The first-order valence-electron chi connectivity index (χ1n) is 14.6. The Morgan fingerprint density at radius 1 is 0.932 bits per heavy atom. The molecule has 0 fully saturated rings. The van der Waals surface area contributed by atoms with Gasteiger partial charge in [0.25, 0.3) is 0 Å². The molecule has 3 atom stereocenters. The summed E-state index contributed by atoms with van der Waals surface area (Å²) in [6.45, 7) is 5.76. The number of aliphatic imine (C=N–C) groups is 1. The third-order valence-electron chi connectivity index (χ3n) is 7.59. The lowest BCUT2D eigenvalue weighted by Crippen LogP contribution is -2.52. The molecule has 1 aliphatic carbocycles. The maximum absolute atomic E-state index is 13.5. The molecule has 3 aromatic rings. The Kier molecular flexibility index (Phi) is 10.7. The smallest absolute Gasteiger partial charge is 0.326 e. The molecule has 4 rings (SSSR count). The van der Waals surface area contributed by atoms with Crippen LogP contribution < -0.4 is 26.8 Å². The highest BCUT2D eigenvalue weighted by Crippen LogP contribution is 2.46. The first-order chi connectivity index (χ1) is 21.2. The molecular formula is C34H39N5O5. The van der Waals surface area contributed by atoms with Crippen LogP contribution in [-0.2, 0) is 20.8 Å². The molecule has 0 saturated heterocycles. The number of nitrogens with one attached hydrogen (secondary N) is 2. The van der Waals surface area contributed by atoms with Gasteiger partial charge in [-0.2, -0.15) is 0 Å². The highest BCUT2D eigenvalue weighted by molar-refractivity contribution is 5.91. The third kappa shape index (κ3) is 8.25. The van der Waals surface area contributed by atoms with Crippen LogP contribution in [0.5, 0.6) is 5.75 Å². The van der Waals surface area contributed by atoms with Crippen LogP contribution >= 0.6 is 0 Å². The van der Waals surface area contributed by atoms with Gasteiger partial charge in [0, 0.05) is 18.8 Å². The number of amides is 2. The topological polar surface area (TPSA) is 169 Å². The van der Waals surface area contributed by atoms with Crippen molar-refractivity contribution in [1.82, 2.24) is 10.6 Å². The summed E-state index contributed by atoms with van der Waals surface area (Å²) < 4.78 is 5.48. The van der Waals surface area contributed by atoms with Crippen molar-refractivity contribution < 1.29 is 24.2 Å². The number of hydrogen-bond donors (Lipinski definition) is 5. The Bertz CT molecular complexity index is 1470. The number of hydrogen-bond acceptors (Lipinski definition) is 5. The molecule has 2 amide bonds. The summed E-state index contributed by atoms with van der Waals surface area (Å²) >= 11 is 0. The zero-order chi connectivity index (χ0) is 31.6. The number of guanidine groups is 1. The van der Waals surface area contributed by atoms with Crippen molar-refractivity contribution in [3.05, 3.63) is 102 Å². The van der Waals surface area contributed by atoms with Gasteiger partial charge in [-0.15, -0.1) is 0 Å². The van der Waals surface area contributed by atoms with Crippen LogP contribution in [-0.4, -0.2) is 53.6 Å². The predicted molar refractivity (Wildman–Crippen MR) is 170 cm³/mol. The molecule has 0 aliphatic heterocycles. The van der Waals surface area contributed by atoms with Crippen molar-refractivity contribution in [1.29, 1.82) is 0 Å². The summed E-state index contributed by atoms with van der Waals surface area (Å²) in [4.78, 5) is 43.3. The van der Waals surface area contributed by atoms with E-state index in [1.807, 2.05) is 48.5 Å². The highest BCUT2D eigenvalue weighted by atomic mass is 16.5. The molecule has 44 heavy (non-hydrogen) atoms. The van der Waals surface area contributed by atoms with Gasteiger partial charge in [0.15, 0.2) is 5.96 Å². The number of rotatable bonds is 15. The van der Waals surface area contributed by atoms with Crippen LogP contribution in [0.1, 0.15) is 48.8 Å². The van der Waals surface area contributed by atoms with Crippen molar-refractivity contribution in [2.24, 2.45) is 16.5 Å². The molecule has 0 spiro atoms. The number of benzene rings is 3. The van der Waals surface area contributed by atoms with E-state index in [9.17, 15) is 19.5 Å². The van der Waals surface area contributed by atoms with Gasteiger partial charge >= 0.3 is 5.97 Å². The van der Waals surface area contributed by atoms with Crippen molar-refractivity contribution in [3.8, 4) is 16.9 Å². The monoisotopic (exact) mass is 597 g/mol. The van der Waals surface area contributed by atoms with Crippen LogP contribution in [0, 0.1) is 0 Å². The molecule has 10 nitrogen and oxygen atoms in total. The molecule has 1 unspecified atom stereocenters. The summed E-state index contributed by atoms with van der Waals surface area (Å²) in [6, 6.07) is 20.4. The quantitative estimate of drug-likeness (QED) is 0.101. The van der Waals surface area contributed by atoms with Gasteiger partial charge in [-0.1, -0.05) is 73.3 Å². The van der Waals surface area contributed by atoms with E-state index in [-0.39, 0.29) is 43.1 Å². The fourth-order valence-electron chi connectivity index (χ4n) is 5.50. The SMILES string of the molecule is C=CCOc1ccc(C[C@H](NC(=O)[C@@H](CCC(C)N=C(N)N)NC(=O)CC2c3ccccc3-c3ccccc32)C(=O)O)cc1. The van der Waals surface area contributed by atoms with Gasteiger partial charge in [-0.25, -0.2) is 4.79 Å². The van der Waals surface area contributed by atoms with Gasteiger partial charge < -0.3 is 31.9 Å². The largest absolute Gasteiger partial charge is 0.490 e. The van der Waals surface area contributed by atoms with Gasteiger partial charge in [-0.05, 0) is 59.7 Å². The van der Waals surface area contributed by atoms with Gasteiger partial charge in [0.2, 0.25) is 11.8 Å². The van der Waals surface area contributed by atoms with Crippen molar-refractivity contribution >= 4 is 23.7 Å². The number of fused-ring (bicyclic) bond motifs is 3. The normalized spacial score (nSPS) is 13.8. The Morgan fingerprint density at radius 3 is 2.11 bits per heavy atom. The standard InChI is InChI=1S/C34H39N5O5/c1-3-18-44-23-15-13-22(14-16-23)19-30(33(42)43)39-32(41)29(17-12-21(2)37-34(35)36)38-31(40)20-28-26-10-6-4-8-24(26)25-9-5-7-11-27(25)28/h3-11,13-16,21,28-30H,1,12,17-20H2,2H3,(H,38,40)(H,39,41)(H,42,43)(H4,35,36,37)/t21?,29-,30+/m1/s1. The number of nitrogens with two attached hydrogens (primary N) is 2. The van der Waals surface area contributed by atoms with E-state index < -0.39 is 24.0 Å². The zero-order valence-electron chi connectivity index (χ0n) is 24.7. The lowest BCUT2D eigenvalue weighted by Gasteiger charge is -2.23. The van der Waals surface area contributed by atoms with E-state index in [4.69, 9.17) is 16.2 Å². The number of carbonyl (C=O) groups excluding carboxylic acids is 2. The Labute approximate surface area is 257 Å². The minimum Gasteiger partial charge on any atom is -0.490 e. The first kappa shape index (κ1) is 31.8. The van der Waals surface area contributed by atoms with Crippen LogP contribution in [0.3, 0.4) is 0 Å². The Morgan fingerprint density at radius 2 is 1.55 bits per heavy atom. The van der Waals surface area contributed by atoms with Gasteiger partial charge in [-0.3, -0.25) is 14.6 Å². The minimum atomic E-state index is -1.22. The number of carbonyl (C=O) groups is 3. The van der Waals surface area contributed by atoms with E-state index in [2.05, 4.69) is 22.2 Å². The second-order valence-corrected chi connectivity index (χ2v) is 10.9. The van der Waals surface area contributed by atoms with Crippen molar-refractivity contribution in [2.75, 3.05) is 6.61 Å². The number of nitrogens with zero attached hydrogens (tertiary/aromatic N) is 1. The number of aliphatic carboxylic acids is 1. The minimum absolute atomic E-state index is 0.0452. The second-order valence-electron chi connectivity index (χ2n) is 10.9. The van der Waals surface area contributed by atoms with Gasteiger partial charge in [0.05, 0.1) is 6.04 Å². The predicted octanol–water partition coefficient (Wildman–Crippen LogP) is 3.49. The summed E-state index contributed by atoms with van der Waals surface area (Å²) in [5.74, 6) is -1.73. The molecule has 0 aromatic heterocycles. The fourth-order valence-corrected chi connectivity index (χ4v) is 5.50. The summed E-state index contributed by atoms with van der Waals surface area (Å²) in [7, 11) is 0. The van der Waals surface area contributed by atoms with Gasteiger partial charge in [0.1, 0.15) is 24.4 Å². The maximum atomic E-state index is 13.5. The summed E-state index contributed by atoms with van der Waals surface area (Å²) in [5, 5.41) is 15.4. The zero-order valence-corrected chi connectivity index (χ0v) is 24.7. The van der Waals surface area contributed by atoms with E-state index in [0.717, 1.165) is 22.3 Å². The van der Waals surface area contributed by atoms with Crippen LogP contribution in [0.4, 0.5) is 0 Å². The lowest BCUT2D eigenvalue weighted by molar-refractivity contribution is -0.142. The maximum Gasteiger partial charge on any atom is 0.326 e. The van der Waals surface area contributed by atoms with Crippen molar-refractivity contribution in [3.63, 3.8) is 0 Å². The average molecular weight is 598 g/mol. The van der Waals surface area contributed by atoms with E-state index in [0.29, 0.717) is 24.3 Å². The highest BCUT2D eigenvalue weighted by Gasteiger charge is 2.32. The Hall–Kier alpha value is -5.12. The van der Waals surface area contributed by atoms with E-state index in [1.54, 1.807) is 37.3 Å². The summed E-state index contributed by atoms with van der Waals surface area (Å²) in [6.07, 6.45) is 2.39. The molecule has 0 radical (unpaired) electrons. The van der Waals surface area contributed by atoms with E-state index >= 15 is 0 Å². The lowest BCUT2D eigenvalue weighted by atomic mass is 9.93. The van der Waals surface area contributed by atoms with Crippen LogP contribution in [0.15, 0.2) is 90.4 Å². The molecule has 230 valence electrons. The first-order valence-corrected chi connectivity index (χ1v) is 14.6. The Balaban J connectivity index is 1.48. The molecule has 0 saturated carbocycles. The number of carboxylic acid groups (broad SMARTS) is 1. The number of carboxylic acids is 1. The van der Waals surface area contributed by atoms with E-state index in [1.165, 1.54) is 0 Å². The van der Waals surface area contributed by atoms with Crippen LogP contribution in [0.25, 0.3) is 11.1 Å². The molecule has 7 N–H and O–H groups in total. The molecule has 1 aliphatic rings. The molecule has 10 heteroatoms. The summed E-state index contributed by atoms with van der Waals surface area (Å²) in [5.41, 5.74) is 16.0.